The molecule has 1 aromatic heterocycles. The number of nitrogens with zero attached hydrogens (tertiary/aromatic N) is 1. The molecule has 1 aromatic rings. The molecule has 0 spiro atoms. The zero-order chi connectivity index (χ0) is 11.4. The lowest BCUT2D eigenvalue weighted by molar-refractivity contribution is 0.195. The Morgan fingerprint density at radius 3 is 2.94 bits per heavy atom. The molecule has 0 saturated heterocycles. The maximum atomic E-state index is 6.37. The minimum absolute atomic E-state index is 0.129. The van der Waals surface area contributed by atoms with Crippen molar-refractivity contribution in [2.75, 3.05) is 13.7 Å². The molecule has 1 aliphatic rings. The first-order valence-electron chi connectivity index (χ1n) is 5.97. The van der Waals surface area contributed by atoms with E-state index in [1.54, 1.807) is 18.4 Å². The molecule has 1 saturated carbocycles. The molecule has 1 aliphatic carbocycles. The van der Waals surface area contributed by atoms with Crippen LogP contribution in [0.4, 0.5) is 0 Å². The van der Waals surface area contributed by atoms with Gasteiger partial charge < -0.3 is 10.5 Å². The highest BCUT2D eigenvalue weighted by molar-refractivity contribution is 7.09. The molecule has 16 heavy (non-hydrogen) atoms. The van der Waals surface area contributed by atoms with Crippen molar-refractivity contribution in [2.45, 2.75) is 44.1 Å². The molecule has 0 atom stereocenters. The van der Waals surface area contributed by atoms with E-state index in [4.69, 9.17) is 10.5 Å². The Hall–Kier alpha value is -0.450. The third-order valence-corrected chi connectivity index (χ3v) is 4.21. The van der Waals surface area contributed by atoms with Gasteiger partial charge in [0, 0.05) is 25.5 Å². The van der Waals surface area contributed by atoms with E-state index < -0.39 is 0 Å². The second-order valence-corrected chi connectivity index (χ2v) is 5.53. The van der Waals surface area contributed by atoms with Crippen LogP contribution in [-0.2, 0) is 16.7 Å². The van der Waals surface area contributed by atoms with E-state index in [2.05, 4.69) is 10.4 Å². The van der Waals surface area contributed by atoms with Gasteiger partial charge in [0.2, 0.25) is 0 Å². The third kappa shape index (κ3) is 2.62. The quantitative estimate of drug-likeness (QED) is 0.804. The van der Waals surface area contributed by atoms with Crippen LogP contribution in [0, 0.1) is 0 Å². The minimum Gasteiger partial charge on any atom is -0.385 e. The van der Waals surface area contributed by atoms with Crippen LogP contribution in [0.3, 0.4) is 0 Å². The molecule has 4 heteroatoms. The van der Waals surface area contributed by atoms with E-state index in [1.165, 1.54) is 17.8 Å². The summed E-state index contributed by atoms with van der Waals surface area (Å²) < 4.78 is 5.04. The first-order chi connectivity index (χ1) is 7.74. The predicted octanol–water partition coefficient (Wildman–Crippen LogP) is 2.45. The minimum atomic E-state index is -0.129. The van der Waals surface area contributed by atoms with E-state index in [1.807, 2.05) is 0 Å². The van der Waals surface area contributed by atoms with Gasteiger partial charge in [-0.05, 0) is 19.3 Å². The van der Waals surface area contributed by atoms with Crippen molar-refractivity contribution in [3.8, 4) is 0 Å². The maximum Gasteiger partial charge on any atom is 0.0929 e. The fourth-order valence-corrected chi connectivity index (χ4v) is 3.23. The molecule has 1 fully saturated rings. The number of nitrogens with two attached hydrogens (primary N) is 1. The summed E-state index contributed by atoms with van der Waals surface area (Å²) in [4.78, 5) is 4.67. The van der Waals surface area contributed by atoms with Gasteiger partial charge in [-0.25, -0.2) is 4.98 Å². The highest BCUT2D eigenvalue weighted by Crippen LogP contribution is 2.36. The van der Waals surface area contributed by atoms with Crippen LogP contribution in [0.2, 0.25) is 0 Å². The topological polar surface area (TPSA) is 48.1 Å². The van der Waals surface area contributed by atoms with Gasteiger partial charge in [0.1, 0.15) is 0 Å². The van der Waals surface area contributed by atoms with Gasteiger partial charge in [-0.15, -0.1) is 11.3 Å². The van der Waals surface area contributed by atoms with Crippen LogP contribution >= 0.6 is 11.3 Å². The lowest BCUT2D eigenvalue weighted by atomic mass is 9.96. The van der Waals surface area contributed by atoms with E-state index in [0.29, 0.717) is 0 Å². The van der Waals surface area contributed by atoms with Crippen molar-refractivity contribution in [2.24, 2.45) is 5.73 Å². The molecule has 2 N–H and O–H groups in total. The molecule has 90 valence electrons. The highest BCUT2D eigenvalue weighted by Gasteiger charge is 2.33. The summed E-state index contributed by atoms with van der Waals surface area (Å²) in [6.07, 6.45) is 6.72. The Balaban J connectivity index is 1.96. The Kier molecular flexibility index (Phi) is 3.95. The zero-order valence-corrected chi connectivity index (χ0v) is 10.7. The average molecular weight is 240 g/mol. The van der Waals surface area contributed by atoms with Crippen LogP contribution < -0.4 is 5.73 Å². The SMILES string of the molecule is COCCCc1nc(C2(N)CCCC2)cs1. The summed E-state index contributed by atoms with van der Waals surface area (Å²) in [5.74, 6) is 0. The molecule has 0 radical (unpaired) electrons. The largest absolute Gasteiger partial charge is 0.385 e. The molecule has 1 heterocycles. The first kappa shape index (κ1) is 12.0. The summed E-state index contributed by atoms with van der Waals surface area (Å²) in [5, 5.41) is 3.34. The lowest BCUT2D eigenvalue weighted by Gasteiger charge is -2.20. The van der Waals surface area contributed by atoms with Gasteiger partial charge in [-0.3, -0.25) is 0 Å². The van der Waals surface area contributed by atoms with Crippen LogP contribution in [0.5, 0.6) is 0 Å². The van der Waals surface area contributed by atoms with E-state index in [9.17, 15) is 0 Å². The fourth-order valence-electron chi connectivity index (χ4n) is 2.28. The Morgan fingerprint density at radius 2 is 2.25 bits per heavy atom. The van der Waals surface area contributed by atoms with Crippen LogP contribution in [-0.4, -0.2) is 18.7 Å². The van der Waals surface area contributed by atoms with E-state index in [-0.39, 0.29) is 5.54 Å². The van der Waals surface area contributed by atoms with Crippen molar-refractivity contribution < 1.29 is 4.74 Å². The molecule has 0 amide bonds. The standard InChI is InChI=1S/C12H20N2OS/c1-15-8-4-5-11-14-10(9-16-11)12(13)6-2-3-7-12/h9H,2-8,13H2,1H3. The molecular weight excluding hydrogens is 220 g/mol. The Morgan fingerprint density at radius 1 is 1.50 bits per heavy atom. The molecule has 3 nitrogen and oxygen atoms in total. The smallest absolute Gasteiger partial charge is 0.0929 e. The summed E-state index contributed by atoms with van der Waals surface area (Å²) >= 11 is 1.74. The summed E-state index contributed by atoms with van der Waals surface area (Å²) in [6.45, 7) is 0.808. The van der Waals surface area contributed by atoms with Crippen molar-refractivity contribution in [3.63, 3.8) is 0 Å². The number of aryl methyl sites for hydroxylation is 1. The van der Waals surface area contributed by atoms with Crippen molar-refractivity contribution in [3.05, 3.63) is 16.1 Å². The lowest BCUT2D eigenvalue weighted by Crippen LogP contribution is -2.33. The van der Waals surface area contributed by atoms with E-state index >= 15 is 0 Å². The van der Waals surface area contributed by atoms with Gasteiger partial charge in [-0.2, -0.15) is 0 Å². The predicted molar refractivity (Wildman–Crippen MR) is 66.6 cm³/mol. The normalized spacial score (nSPS) is 19.1. The monoisotopic (exact) mass is 240 g/mol. The van der Waals surface area contributed by atoms with Crippen molar-refractivity contribution >= 4 is 11.3 Å². The van der Waals surface area contributed by atoms with Gasteiger partial charge >= 0.3 is 0 Å². The summed E-state index contributed by atoms with van der Waals surface area (Å²) in [5.41, 5.74) is 7.35. The molecular formula is C12H20N2OS. The third-order valence-electron chi connectivity index (χ3n) is 3.30. The van der Waals surface area contributed by atoms with Crippen LogP contribution in [0.15, 0.2) is 5.38 Å². The zero-order valence-electron chi connectivity index (χ0n) is 9.87. The molecule has 0 bridgehead atoms. The average Bonchev–Trinajstić information content (AvgIpc) is 2.88. The summed E-state index contributed by atoms with van der Waals surface area (Å²) in [7, 11) is 1.74. The molecule has 0 unspecified atom stereocenters. The Labute approximate surface area is 101 Å². The van der Waals surface area contributed by atoms with Gasteiger partial charge in [-0.1, -0.05) is 12.8 Å². The molecule has 2 rings (SSSR count). The maximum absolute atomic E-state index is 6.37. The molecule has 0 aliphatic heterocycles. The second kappa shape index (κ2) is 5.25. The number of methoxy groups -OCH3 is 1. The van der Waals surface area contributed by atoms with Gasteiger partial charge in [0.05, 0.1) is 16.2 Å². The number of hydrogen-bond acceptors (Lipinski definition) is 4. The number of aromatic nitrogens is 1. The van der Waals surface area contributed by atoms with Crippen molar-refractivity contribution in [1.82, 2.24) is 4.98 Å². The van der Waals surface area contributed by atoms with Gasteiger partial charge in [0.15, 0.2) is 0 Å². The fraction of sp³-hybridized carbons (Fsp3) is 0.750. The van der Waals surface area contributed by atoms with Crippen LogP contribution in [0.25, 0.3) is 0 Å². The van der Waals surface area contributed by atoms with Gasteiger partial charge in [0.25, 0.3) is 0 Å². The molecule has 0 aromatic carbocycles. The van der Waals surface area contributed by atoms with Crippen LogP contribution in [0.1, 0.15) is 42.8 Å². The first-order valence-corrected chi connectivity index (χ1v) is 6.85. The highest BCUT2D eigenvalue weighted by atomic mass is 32.1. The van der Waals surface area contributed by atoms with E-state index in [0.717, 1.165) is 38.0 Å². The Bertz CT molecular complexity index is 332. The number of rotatable bonds is 5. The number of ether oxygens (including phenoxy) is 1. The summed E-state index contributed by atoms with van der Waals surface area (Å²) in [6, 6.07) is 0. The number of hydrogen-bond donors (Lipinski definition) is 1. The second-order valence-electron chi connectivity index (χ2n) is 4.59. The van der Waals surface area contributed by atoms with Crippen molar-refractivity contribution in [1.29, 1.82) is 0 Å². The number of thiazole rings is 1.